The fourth-order valence-electron chi connectivity index (χ4n) is 3.53. The van der Waals surface area contributed by atoms with Crippen molar-refractivity contribution in [1.29, 1.82) is 0 Å². The van der Waals surface area contributed by atoms with Gasteiger partial charge in [0.1, 0.15) is 0 Å². The van der Waals surface area contributed by atoms with Gasteiger partial charge in [0.05, 0.1) is 19.8 Å². The molecule has 1 aromatic rings. The number of aliphatic hydroxyl groups is 1. The van der Waals surface area contributed by atoms with Crippen LogP contribution in [0.5, 0.6) is 0 Å². The van der Waals surface area contributed by atoms with Gasteiger partial charge in [-0.15, -0.1) is 0 Å². The van der Waals surface area contributed by atoms with Crippen LogP contribution >= 0.6 is 0 Å². The standard InChI is InChI=1S/C21H28O5/c1-4-25-19(23)21(20(24)26-5-2)11-10-18(15(3)13-21)12-16-6-8-17(14-22)9-7-16/h6-9,18,22H,3-5,10-14H2,1-2H3. The summed E-state index contributed by atoms with van der Waals surface area (Å²) < 4.78 is 10.4. The Morgan fingerprint density at radius 1 is 1.12 bits per heavy atom. The first-order chi connectivity index (χ1) is 12.5. The molecule has 1 atom stereocenters. The molecule has 0 spiro atoms. The van der Waals surface area contributed by atoms with Gasteiger partial charge < -0.3 is 14.6 Å². The van der Waals surface area contributed by atoms with Crippen molar-refractivity contribution in [3.8, 4) is 0 Å². The van der Waals surface area contributed by atoms with Gasteiger partial charge in [0.15, 0.2) is 5.41 Å². The molecule has 0 radical (unpaired) electrons. The van der Waals surface area contributed by atoms with Crippen molar-refractivity contribution in [2.45, 2.75) is 46.1 Å². The van der Waals surface area contributed by atoms with Crippen LogP contribution in [-0.4, -0.2) is 30.3 Å². The molecular formula is C21H28O5. The van der Waals surface area contributed by atoms with E-state index in [1.54, 1.807) is 13.8 Å². The van der Waals surface area contributed by atoms with Gasteiger partial charge in [-0.25, -0.2) is 0 Å². The molecule has 1 aliphatic rings. The molecule has 1 aliphatic carbocycles. The van der Waals surface area contributed by atoms with Crippen LogP contribution in [-0.2, 0) is 32.1 Å². The smallest absolute Gasteiger partial charge is 0.323 e. The van der Waals surface area contributed by atoms with Crippen LogP contribution in [0.15, 0.2) is 36.4 Å². The van der Waals surface area contributed by atoms with E-state index in [2.05, 4.69) is 6.58 Å². The zero-order valence-corrected chi connectivity index (χ0v) is 15.6. The highest BCUT2D eigenvalue weighted by Gasteiger charge is 2.51. The van der Waals surface area contributed by atoms with Gasteiger partial charge in [-0.1, -0.05) is 36.4 Å². The molecule has 1 aromatic carbocycles. The summed E-state index contributed by atoms with van der Waals surface area (Å²) in [5.74, 6) is -0.817. The van der Waals surface area contributed by atoms with E-state index in [9.17, 15) is 9.59 Å². The Balaban J connectivity index is 2.12. The molecule has 0 heterocycles. The SMILES string of the molecule is C=C1CC(C(=O)OCC)(C(=O)OCC)CCC1Cc1ccc(CO)cc1. The summed E-state index contributed by atoms with van der Waals surface area (Å²) in [5.41, 5.74) is 1.64. The molecule has 26 heavy (non-hydrogen) atoms. The minimum Gasteiger partial charge on any atom is -0.465 e. The number of hydrogen-bond donors (Lipinski definition) is 1. The summed E-state index contributed by atoms with van der Waals surface area (Å²) >= 11 is 0. The number of benzene rings is 1. The third kappa shape index (κ3) is 4.33. The molecule has 0 bridgehead atoms. The predicted octanol–water partition coefficient (Wildman–Crippen LogP) is 3.19. The number of ether oxygens (including phenoxy) is 2. The van der Waals surface area contributed by atoms with Crippen LogP contribution in [0.3, 0.4) is 0 Å². The third-order valence-corrected chi connectivity index (χ3v) is 5.05. The number of aliphatic hydroxyl groups excluding tert-OH is 1. The maximum absolute atomic E-state index is 12.5. The third-order valence-electron chi connectivity index (χ3n) is 5.05. The second-order valence-corrected chi connectivity index (χ2v) is 6.77. The van der Waals surface area contributed by atoms with Crippen LogP contribution in [0.1, 0.15) is 44.2 Å². The lowest BCUT2D eigenvalue weighted by Gasteiger charge is -2.37. The van der Waals surface area contributed by atoms with E-state index in [0.717, 1.165) is 23.1 Å². The van der Waals surface area contributed by atoms with Gasteiger partial charge in [0.2, 0.25) is 0 Å². The highest BCUT2D eigenvalue weighted by molar-refractivity contribution is 6.00. The molecule has 0 saturated heterocycles. The number of allylic oxidation sites excluding steroid dienone is 1. The first-order valence-corrected chi connectivity index (χ1v) is 9.17. The number of rotatable bonds is 7. The van der Waals surface area contributed by atoms with E-state index in [0.29, 0.717) is 12.8 Å². The Morgan fingerprint density at radius 2 is 1.65 bits per heavy atom. The Bertz CT molecular complexity index is 629. The van der Waals surface area contributed by atoms with E-state index >= 15 is 0 Å². The fourth-order valence-corrected chi connectivity index (χ4v) is 3.53. The van der Waals surface area contributed by atoms with Crippen molar-refractivity contribution in [3.63, 3.8) is 0 Å². The first-order valence-electron chi connectivity index (χ1n) is 9.17. The maximum Gasteiger partial charge on any atom is 0.323 e. The van der Waals surface area contributed by atoms with Crippen LogP contribution < -0.4 is 0 Å². The maximum atomic E-state index is 12.5. The number of carbonyl (C=O) groups is 2. The highest BCUT2D eigenvalue weighted by atomic mass is 16.6. The minimum absolute atomic E-state index is 0.0258. The minimum atomic E-state index is -1.26. The van der Waals surface area contributed by atoms with E-state index < -0.39 is 17.4 Å². The second kappa shape index (κ2) is 8.99. The summed E-state index contributed by atoms with van der Waals surface area (Å²) in [4.78, 5) is 25.1. The summed E-state index contributed by atoms with van der Waals surface area (Å²) in [6, 6.07) is 7.81. The van der Waals surface area contributed by atoms with Crippen molar-refractivity contribution >= 4 is 11.9 Å². The van der Waals surface area contributed by atoms with Crippen molar-refractivity contribution in [1.82, 2.24) is 0 Å². The van der Waals surface area contributed by atoms with Crippen LogP contribution in [0.2, 0.25) is 0 Å². The zero-order chi connectivity index (χ0) is 19.2. The van der Waals surface area contributed by atoms with Gasteiger partial charge in [0, 0.05) is 0 Å². The van der Waals surface area contributed by atoms with Gasteiger partial charge in [-0.05, 0) is 56.6 Å². The summed E-state index contributed by atoms with van der Waals surface area (Å²) in [5, 5.41) is 9.14. The molecule has 0 aromatic heterocycles. The van der Waals surface area contributed by atoms with Crippen molar-refractivity contribution in [3.05, 3.63) is 47.5 Å². The Morgan fingerprint density at radius 3 is 2.12 bits per heavy atom. The first kappa shape index (κ1) is 20.2. The monoisotopic (exact) mass is 360 g/mol. The fraction of sp³-hybridized carbons (Fsp3) is 0.524. The summed E-state index contributed by atoms with van der Waals surface area (Å²) in [6.45, 7) is 8.09. The molecule has 5 nitrogen and oxygen atoms in total. The number of hydrogen-bond acceptors (Lipinski definition) is 5. The van der Waals surface area contributed by atoms with Crippen LogP contribution in [0, 0.1) is 11.3 Å². The topological polar surface area (TPSA) is 72.8 Å². The molecule has 0 amide bonds. The Hall–Kier alpha value is -2.14. The molecule has 142 valence electrons. The molecule has 0 aliphatic heterocycles. The zero-order valence-electron chi connectivity index (χ0n) is 15.6. The average molecular weight is 360 g/mol. The van der Waals surface area contributed by atoms with E-state index in [1.807, 2.05) is 24.3 Å². The average Bonchev–Trinajstić information content (AvgIpc) is 2.64. The predicted molar refractivity (Wildman–Crippen MR) is 98.2 cm³/mol. The Labute approximate surface area is 155 Å². The van der Waals surface area contributed by atoms with E-state index in [-0.39, 0.29) is 32.2 Å². The highest BCUT2D eigenvalue weighted by Crippen LogP contribution is 2.44. The lowest BCUT2D eigenvalue weighted by atomic mass is 9.67. The van der Waals surface area contributed by atoms with Crippen LogP contribution in [0.4, 0.5) is 0 Å². The molecule has 2 rings (SSSR count). The van der Waals surface area contributed by atoms with Crippen molar-refractivity contribution < 1.29 is 24.2 Å². The van der Waals surface area contributed by atoms with E-state index in [4.69, 9.17) is 14.6 Å². The lowest BCUT2D eigenvalue weighted by Crippen LogP contribution is -2.45. The summed E-state index contributed by atoms with van der Waals surface area (Å²) in [6.07, 6.45) is 2.15. The normalized spacial score (nSPS) is 19.0. The lowest BCUT2D eigenvalue weighted by molar-refractivity contribution is -0.174. The molecule has 1 fully saturated rings. The molecular weight excluding hydrogens is 332 g/mol. The van der Waals surface area contributed by atoms with Crippen LogP contribution in [0.25, 0.3) is 0 Å². The van der Waals surface area contributed by atoms with Crippen molar-refractivity contribution in [2.24, 2.45) is 11.3 Å². The number of carbonyl (C=O) groups excluding carboxylic acids is 2. The quantitative estimate of drug-likeness (QED) is 0.459. The second-order valence-electron chi connectivity index (χ2n) is 6.77. The van der Waals surface area contributed by atoms with E-state index in [1.165, 1.54) is 0 Å². The summed E-state index contributed by atoms with van der Waals surface area (Å²) in [7, 11) is 0. The van der Waals surface area contributed by atoms with Gasteiger partial charge in [-0.3, -0.25) is 9.59 Å². The largest absolute Gasteiger partial charge is 0.465 e. The molecule has 1 unspecified atom stereocenters. The van der Waals surface area contributed by atoms with Gasteiger partial charge in [-0.2, -0.15) is 0 Å². The van der Waals surface area contributed by atoms with Gasteiger partial charge >= 0.3 is 11.9 Å². The molecule has 1 N–H and O–H groups in total. The molecule has 1 saturated carbocycles. The van der Waals surface area contributed by atoms with Gasteiger partial charge in [0.25, 0.3) is 0 Å². The van der Waals surface area contributed by atoms with Crippen molar-refractivity contribution in [2.75, 3.05) is 13.2 Å². The molecule has 5 heteroatoms. The number of esters is 2. The Kier molecular flexibility index (Phi) is 6.98.